The molecule has 4 nitrogen and oxygen atoms in total. The van der Waals surface area contributed by atoms with Crippen LogP contribution in [0.5, 0.6) is 0 Å². The summed E-state index contributed by atoms with van der Waals surface area (Å²) in [6.45, 7) is 0.816. The zero-order valence-corrected chi connectivity index (χ0v) is 10.0. The van der Waals surface area contributed by atoms with Gasteiger partial charge in [-0.3, -0.25) is 4.79 Å². The maximum Gasteiger partial charge on any atom is 0.284 e. The van der Waals surface area contributed by atoms with Crippen molar-refractivity contribution in [3.63, 3.8) is 0 Å². The molecule has 0 N–H and O–H groups in total. The fourth-order valence-electron chi connectivity index (χ4n) is 1.60. The molecule has 1 amide bonds. The van der Waals surface area contributed by atoms with Gasteiger partial charge in [-0.2, -0.15) is 0 Å². The maximum absolute atomic E-state index is 11.8. The number of aromatic nitrogens is 2. The number of halogens is 1. The number of amides is 1. The molecule has 1 saturated carbocycles. The van der Waals surface area contributed by atoms with Gasteiger partial charge in [0.05, 0.1) is 0 Å². The second-order valence-electron chi connectivity index (χ2n) is 3.84. The standard InChI is InChI=1S/C9H12ClN3OS/c1-13(5-6-3-2-4-6)8(14)7-11-12-9(10)15-7/h6H,2-5H2,1H3. The maximum atomic E-state index is 11.8. The minimum absolute atomic E-state index is 0.0775. The predicted octanol–water partition coefficient (Wildman–Crippen LogP) is 2.06. The lowest BCUT2D eigenvalue weighted by Gasteiger charge is -2.29. The van der Waals surface area contributed by atoms with Gasteiger partial charge in [0.1, 0.15) is 0 Å². The first-order valence-electron chi connectivity index (χ1n) is 4.91. The van der Waals surface area contributed by atoms with Crippen LogP contribution in [0.15, 0.2) is 0 Å². The molecule has 1 heterocycles. The molecule has 2 rings (SSSR count). The molecule has 15 heavy (non-hydrogen) atoms. The van der Waals surface area contributed by atoms with E-state index in [1.807, 2.05) is 0 Å². The average molecular weight is 246 g/mol. The van der Waals surface area contributed by atoms with Crippen molar-refractivity contribution in [2.75, 3.05) is 13.6 Å². The van der Waals surface area contributed by atoms with E-state index in [4.69, 9.17) is 11.6 Å². The summed E-state index contributed by atoms with van der Waals surface area (Å²) in [4.78, 5) is 13.5. The summed E-state index contributed by atoms with van der Waals surface area (Å²) in [6, 6.07) is 0. The number of rotatable bonds is 3. The quantitative estimate of drug-likeness (QED) is 0.819. The van der Waals surface area contributed by atoms with Crippen molar-refractivity contribution < 1.29 is 4.79 Å². The Hall–Kier alpha value is -0.680. The summed E-state index contributed by atoms with van der Waals surface area (Å²) in [5.41, 5.74) is 0. The predicted molar refractivity (Wildman–Crippen MR) is 59.2 cm³/mol. The van der Waals surface area contributed by atoms with Gasteiger partial charge in [0.2, 0.25) is 9.47 Å². The van der Waals surface area contributed by atoms with Gasteiger partial charge in [-0.1, -0.05) is 17.8 Å². The lowest BCUT2D eigenvalue weighted by molar-refractivity contribution is 0.0744. The van der Waals surface area contributed by atoms with Crippen LogP contribution in [-0.4, -0.2) is 34.6 Å². The van der Waals surface area contributed by atoms with E-state index in [0.29, 0.717) is 15.4 Å². The van der Waals surface area contributed by atoms with Crippen LogP contribution in [0, 0.1) is 5.92 Å². The first-order chi connectivity index (χ1) is 7.16. The molecule has 82 valence electrons. The number of carbonyl (C=O) groups excluding carboxylic acids is 1. The summed E-state index contributed by atoms with van der Waals surface area (Å²) < 4.78 is 0.315. The Morgan fingerprint density at radius 1 is 1.60 bits per heavy atom. The molecular weight excluding hydrogens is 234 g/mol. The molecule has 0 atom stereocenters. The van der Waals surface area contributed by atoms with E-state index >= 15 is 0 Å². The van der Waals surface area contributed by atoms with Gasteiger partial charge in [-0.25, -0.2) is 0 Å². The van der Waals surface area contributed by atoms with E-state index < -0.39 is 0 Å². The van der Waals surface area contributed by atoms with Crippen molar-refractivity contribution in [1.82, 2.24) is 15.1 Å². The Morgan fingerprint density at radius 3 is 2.80 bits per heavy atom. The van der Waals surface area contributed by atoms with E-state index in [1.165, 1.54) is 19.3 Å². The summed E-state index contributed by atoms with van der Waals surface area (Å²) in [7, 11) is 1.80. The van der Waals surface area contributed by atoms with Crippen molar-refractivity contribution >= 4 is 28.8 Å². The summed E-state index contributed by atoms with van der Waals surface area (Å²) in [5.74, 6) is 0.591. The van der Waals surface area contributed by atoms with E-state index in [1.54, 1.807) is 11.9 Å². The van der Waals surface area contributed by atoms with E-state index in [9.17, 15) is 4.79 Å². The minimum atomic E-state index is -0.0775. The Balaban J connectivity index is 1.94. The molecule has 0 unspecified atom stereocenters. The van der Waals surface area contributed by atoms with E-state index in [-0.39, 0.29) is 5.91 Å². The molecule has 1 aliphatic rings. The van der Waals surface area contributed by atoms with Crippen molar-refractivity contribution in [1.29, 1.82) is 0 Å². The molecule has 0 spiro atoms. The molecule has 0 aliphatic heterocycles. The summed E-state index contributed by atoms with van der Waals surface area (Å²) >= 11 is 6.76. The third-order valence-corrected chi connectivity index (χ3v) is 3.69. The Morgan fingerprint density at radius 2 is 2.33 bits per heavy atom. The third-order valence-electron chi connectivity index (χ3n) is 2.69. The Kier molecular flexibility index (Phi) is 3.21. The molecule has 0 radical (unpaired) electrons. The first kappa shape index (κ1) is 10.8. The number of hydrogen-bond donors (Lipinski definition) is 0. The van der Waals surface area contributed by atoms with Gasteiger partial charge in [-0.15, -0.1) is 10.2 Å². The highest BCUT2D eigenvalue weighted by Crippen LogP contribution is 2.27. The van der Waals surface area contributed by atoms with Crippen LogP contribution >= 0.6 is 22.9 Å². The monoisotopic (exact) mass is 245 g/mol. The molecule has 1 fully saturated rings. The molecule has 0 bridgehead atoms. The highest BCUT2D eigenvalue weighted by molar-refractivity contribution is 7.17. The summed E-state index contributed by atoms with van der Waals surface area (Å²) in [5, 5.41) is 7.73. The minimum Gasteiger partial charge on any atom is -0.339 e. The number of carbonyl (C=O) groups is 1. The third kappa shape index (κ3) is 2.46. The van der Waals surface area contributed by atoms with Crippen LogP contribution in [0.1, 0.15) is 29.1 Å². The fourth-order valence-corrected chi connectivity index (χ4v) is 2.42. The van der Waals surface area contributed by atoms with Crippen molar-refractivity contribution in [2.24, 2.45) is 5.92 Å². The van der Waals surface area contributed by atoms with Crippen LogP contribution < -0.4 is 0 Å². The largest absolute Gasteiger partial charge is 0.339 e. The average Bonchev–Trinajstić information content (AvgIpc) is 2.56. The SMILES string of the molecule is CN(CC1CCC1)C(=O)c1nnc(Cl)s1. The molecule has 1 aromatic rings. The Bertz CT molecular complexity index is 364. The highest BCUT2D eigenvalue weighted by Gasteiger charge is 2.23. The molecule has 1 aromatic heterocycles. The molecular formula is C9H12ClN3OS. The smallest absolute Gasteiger partial charge is 0.284 e. The zero-order chi connectivity index (χ0) is 10.8. The highest BCUT2D eigenvalue weighted by atomic mass is 35.5. The van der Waals surface area contributed by atoms with Crippen molar-refractivity contribution in [3.05, 3.63) is 9.47 Å². The van der Waals surface area contributed by atoms with Crippen LogP contribution in [0.25, 0.3) is 0 Å². The van der Waals surface area contributed by atoms with Crippen molar-refractivity contribution in [2.45, 2.75) is 19.3 Å². The first-order valence-corrected chi connectivity index (χ1v) is 6.10. The second-order valence-corrected chi connectivity index (χ2v) is 5.40. The van der Waals surface area contributed by atoms with E-state index in [0.717, 1.165) is 17.9 Å². The topological polar surface area (TPSA) is 46.1 Å². The zero-order valence-electron chi connectivity index (χ0n) is 8.44. The lowest BCUT2D eigenvalue weighted by atomic mass is 9.85. The van der Waals surface area contributed by atoms with Crippen LogP contribution in [0.3, 0.4) is 0 Å². The van der Waals surface area contributed by atoms with Gasteiger partial charge < -0.3 is 4.90 Å². The van der Waals surface area contributed by atoms with Crippen LogP contribution in [0.2, 0.25) is 4.47 Å². The van der Waals surface area contributed by atoms with Crippen LogP contribution in [0.4, 0.5) is 0 Å². The molecule has 0 aromatic carbocycles. The molecule has 6 heteroatoms. The molecule has 0 saturated heterocycles. The van der Waals surface area contributed by atoms with E-state index in [2.05, 4.69) is 10.2 Å². The number of hydrogen-bond acceptors (Lipinski definition) is 4. The van der Waals surface area contributed by atoms with Gasteiger partial charge >= 0.3 is 0 Å². The van der Waals surface area contributed by atoms with Crippen molar-refractivity contribution in [3.8, 4) is 0 Å². The Labute approximate surface area is 97.3 Å². The van der Waals surface area contributed by atoms with Crippen LogP contribution in [-0.2, 0) is 0 Å². The second kappa shape index (κ2) is 4.45. The normalized spacial score (nSPS) is 16.1. The van der Waals surface area contributed by atoms with Gasteiger partial charge in [-0.05, 0) is 30.4 Å². The lowest BCUT2D eigenvalue weighted by Crippen LogP contribution is -2.34. The van der Waals surface area contributed by atoms with Gasteiger partial charge in [0, 0.05) is 13.6 Å². The fraction of sp³-hybridized carbons (Fsp3) is 0.667. The number of nitrogens with zero attached hydrogens (tertiary/aromatic N) is 3. The van der Waals surface area contributed by atoms with Gasteiger partial charge in [0.25, 0.3) is 5.91 Å². The molecule has 1 aliphatic carbocycles. The summed E-state index contributed by atoms with van der Waals surface area (Å²) in [6.07, 6.45) is 3.75. The van der Waals surface area contributed by atoms with Gasteiger partial charge in [0.15, 0.2) is 0 Å².